The van der Waals surface area contributed by atoms with Crippen LogP contribution in [0.5, 0.6) is 0 Å². The number of Topliss-reactive ketones (excluding diaryl/α,β-unsaturated/α-hetero) is 1. The van der Waals surface area contributed by atoms with E-state index in [1.165, 1.54) is 30.4 Å². The van der Waals surface area contributed by atoms with Gasteiger partial charge in [0.2, 0.25) is 0 Å². The normalized spacial score (nSPS) is 46.4. The highest BCUT2D eigenvalue weighted by Gasteiger charge is 2.63. The maximum absolute atomic E-state index is 12.9. The molecule has 0 aromatic carbocycles. The van der Waals surface area contributed by atoms with Crippen molar-refractivity contribution >= 4 is 5.78 Å². The molecular weight excluding hydrogens is 280 g/mol. The van der Waals surface area contributed by atoms with E-state index in [1.807, 2.05) is 0 Å². The van der Waals surface area contributed by atoms with E-state index in [2.05, 4.69) is 40.9 Å². The van der Waals surface area contributed by atoms with E-state index in [1.54, 1.807) is 0 Å². The molecule has 0 aliphatic heterocycles. The lowest BCUT2D eigenvalue weighted by molar-refractivity contribution is -0.159. The van der Waals surface area contributed by atoms with Crippen molar-refractivity contribution in [2.45, 2.75) is 72.6 Å². The highest BCUT2D eigenvalue weighted by Crippen LogP contribution is 2.67. The van der Waals surface area contributed by atoms with E-state index in [4.69, 9.17) is 0 Å². The van der Waals surface area contributed by atoms with Gasteiger partial charge < -0.3 is 0 Å². The first kappa shape index (κ1) is 17.0. The van der Waals surface area contributed by atoms with Crippen molar-refractivity contribution in [3.8, 4) is 0 Å². The van der Waals surface area contributed by atoms with Crippen molar-refractivity contribution in [3.05, 3.63) is 24.3 Å². The molecule has 0 bridgehead atoms. The maximum atomic E-state index is 12.9. The molecule has 1 heteroatoms. The quantitative estimate of drug-likeness (QED) is 0.588. The van der Waals surface area contributed by atoms with Crippen LogP contribution < -0.4 is 0 Å². The fraction of sp³-hybridized carbons (Fsp3) is 0.773. The van der Waals surface area contributed by atoms with Crippen molar-refractivity contribution in [3.63, 3.8) is 0 Å². The van der Waals surface area contributed by atoms with Crippen LogP contribution in [-0.2, 0) is 4.79 Å². The number of hydrogen-bond donors (Lipinski definition) is 0. The monoisotopic (exact) mass is 314 g/mol. The summed E-state index contributed by atoms with van der Waals surface area (Å²) < 4.78 is 0. The van der Waals surface area contributed by atoms with Gasteiger partial charge in [0.1, 0.15) is 5.78 Å². The minimum atomic E-state index is -0.138. The Morgan fingerprint density at radius 2 is 1.96 bits per heavy atom. The second kappa shape index (κ2) is 5.60. The molecule has 0 amide bonds. The average molecular weight is 315 g/mol. The van der Waals surface area contributed by atoms with Crippen LogP contribution in [0.2, 0.25) is 0 Å². The maximum Gasteiger partial charge on any atom is 0.139 e. The van der Waals surface area contributed by atoms with Crippen LogP contribution in [0, 0.1) is 34.5 Å². The summed E-state index contributed by atoms with van der Waals surface area (Å²) in [6.45, 7) is 17.8. The van der Waals surface area contributed by atoms with E-state index in [9.17, 15) is 4.79 Å². The molecule has 0 saturated heterocycles. The van der Waals surface area contributed by atoms with E-state index in [-0.39, 0.29) is 5.41 Å². The summed E-state index contributed by atoms with van der Waals surface area (Å²) in [5.74, 6) is 3.11. The summed E-state index contributed by atoms with van der Waals surface area (Å²) in [7, 11) is 0. The van der Waals surface area contributed by atoms with Gasteiger partial charge in [-0.25, -0.2) is 0 Å². The Labute approximate surface area is 142 Å². The van der Waals surface area contributed by atoms with Gasteiger partial charge in [-0.15, -0.1) is 6.58 Å². The van der Waals surface area contributed by atoms with Crippen LogP contribution in [0.4, 0.5) is 0 Å². The second-order valence-corrected chi connectivity index (χ2v) is 9.45. The first-order chi connectivity index (χ1) is 10.7. The van der Waals surface area contributed by atoms with Crippen molar-refractivity contribution < 1.29 is 4.79 Å². The molecule has 1 nitrogen and oxygen atoms in total. The first-order valence-corrected chi connectivity index (χ1v) is 9.54. The number of carbonyl (C=O) groups excluding carboxylic acids is 1. The van der Waals surface area contributed by atoms with Gasteiger partial charge in [-0.2, -0.15) is 0 Å². The van der Waals surface area contributed by atoms with Crippen molar-refractivity contribution in [1.82, 2.24) is 0 Å². The topological polar surface area (TPSA) is 17.1 Å². The molecule has 3 aliphatic rings. The average Bonchev–Trinajstić information content (AvgIpc) is 2.78. The van der Waals surface area contributed by atoms with E-state index in [0.717, 1.165) is 37.5 Å². The zero-order valence-corrected chi connectivity index (χ0v) is 15.6. The van der Waals surface area contributed by atoms with Crippen molar-refractivity contribution in [2.24, 2.45) is 34.5 Å². The molecule has 6 atom stereocenters. The minimum Gasteiger partial charge on any atom is -0.299 e. The van der Waals surface area contributed by atoms with Gasteiger partial charge in [0, 0.05) is 11.8 Å². The summed E-state index contributed by atoms with van der Waals surface area (Å²) in [5.41, 5.74) is 2.77. The summed E-state index contributed by atoms with van der Waals surface area (Å²) in [6.07, 6.45) is 7.73. The number of fused-ring (bicyclic) bond motifs is 3. The van der Waals surface area contributed by atoms with E-state index >= 15 is 0 Å². The highest BCUT2D eigenvalue weighted by atomic mass is 16.1. The zero-order valence-electron chi connectivity index (χ0n) is 15.6. The van der Waals surface area contributed by atoms with Gasteiger partial charge in [0.25, 0.3) is 0 Å². The van der Waals surface area contributed by atoms with Gasteiger partial charge in [-0.05, 0) is 68.1 Å². The van der Waals surface area contributed by atoms with Crippen LogP contribution in [0.3, 0.4) is 0 Å². The van der Waals surface area contributed by atoms with Crippen molar-refractivity contribution in [1.29, 1.82) is 0 Å². The molecule has 3 aliphatic carbocycles. The third-order valence-corrected chi connectivity index (χ3v) is 7.92. The third-order valence-electron chi connectivity index (χ3n) is 7.92. The molecule has 0 N–H and O–H groups in total. The molecule has 3 saturated carbocycles. The molecule has 0 unspecified atom stereocenters. The number of hydrogen-bond acceptors (Lipinski definition) is 1. The largest absolute Gasteiger partial charge is 0.299 e. The van der Waals surface area contributed by atoms with Crippen LogP contribution in [0.15, 0.2) is 24.3 Å². The smallest absolute Gasteiger partial charge is 0.139 e. The SMILES string of the molecule is C=C(C)CC[C@@H]1[C@@H](C)CC[C@@H]2CC(=O)[C@@]3(C)CC(=C)C[C@H]3[C@]21C. The van der Waals surface area contributed by atoms with E-state index in [0.29, 0.717) is 23.0 Å². The van der Waals surface area contributed by atoms with Gasteiger partial charge in [0.15, 0.2) is 0 Å². The Hall–Kier alpha value is -0.850. The Morgan fingerprint density at radius 1 is 1.26 bits per heavy atom. The predicted molar refractivity (Wildman–Crippen MR) is 97.1 cm³/mol. The van der Waals surface area contributed by atoms with Crippen molar-refractivity contribution in [2.75, 3.05) is 0 Å². The Balaban J connectivity index is 2.00. The lowest BCUT2D eigenvalue weighted by Gasteiger charge is -2.60. The van der Waals surface area contributed by atoms with Crippen LogP contribution >= 0.6 is 0 Å². The summed E-state index contributed by atoms with van der Waals surface area (Å²) >= 11 is 0. The molecule has 0 heterocycles. The van der Waals surface area contributed by atoms with Gasteiger partial charge in [0.05, 0.1) is 0 Å². The van der Waals surface area contributed by atoms with Gasteiger partial charge in [-0.1, -0.05) is 44.9 Å². The molecule has 0 aromatic heterocycles. The number of rotatable bonds is 3. The predicted octanol–water partition coefficient (Wildman–Crippen LogP) is 5.96. The fourth-order valence-electron chi connectivity index (χ4n) is 6.64. The highest BCUT2D eigenvalue weighted by molar-refractivity contribution is 5.87. The molecule has 3 fully saturated rings. The molecular formula is C22H34O. The fourth-order valence-corrected chi connectivity index (χ4v) is 6.64. The molecule has 0 aromatic rings. The van der Waals surface area contributed by atoms with E-state index < -0.39 is 0 Å². The lowest BCUT2D eigenvalue weighted by Crippen LogP contribution is -2.57. The second-order valence-electron chi connectivity index (χ2n) is 9.45. The molecule has 128 valence electrons. The summed E-state index contributed by atoms with van der Waals surface area (Å²) in [5, 5.41) is 0. The first-order valence-electron chi connectivity index (χ1n) is 9.54. The summed E-state index contributed by atoms with van der Waals surface area (Å²) in [6, 6.07) is 0. The summed E-state index contributed by atoms with van der Waals surface area (Å²) in [4.78, 5) is 12.9. The number of ketones is 1. The van der Waals surface area contributed by atoms with Gasteiger partial charge >= 0.3 is 0 Å². The Kier molecular flexibility index (Phi) is 4.14. The number of carbonyl (C=O) groups is 1. The van der Waals surface area contributed by atoms with Crippen LogP contribution in [0.25, 0.3) is 0 Å². The Bertz CT molecular complexity index is 544. The van der Waals surface area contributed by atoms with Crippen LogP contribution in [-0.4, -0.2) is 5.78 Å². The molecule has 23 heavy (non-hydrogen) atoms. The molecule has 3 rings (SSSR count). The van der Waals surface area contributed by atoms with Gasteiger partial charge in [-0.3, -0.25) is 4.79 Å². The Morgan fingerprint density at radius 3 is 2.61 bits per heavy atom. The third kappa shape index (κ3) is 2.46. The molecule has 0 radical (unpaired) electrons. The lowest BCUT2D eigenvalue weighted by atomic mass is 9.43. The number of allylic oxidation sites excluding steroid dienone is 2. The molecule has 0 spiro atoms. The zero-order chi connectivity index (χ0) is 17.0. The minimum absolute atomic E-state index is 0.138. The standard InChI is InChI=1S/C22H34O/c1-14(2)7-10-18-16(4)8-9-17-12-20(23)21(5)13-15(3)11-19(21)22(17,18)6/h16-19H,1,3,7-13H2,2,4-6H3/t16-,17+,18+,19+,21-,22+/m0/s1. The van der Waals surface area contributed by atoms with Crippen LogP contribution in [0.1, 0.15) is 72.6 Å².